The molecule has 30 heavy (non-hydrogen) atoms. The minimum Gasteiger partial charge on any atom is -0.497 e. The lowest BCUT2D eigenvalue weighted by atomic mass is 9.93. The van der Waals surface area contributed by atoms with Crippen LogP contribution < -0.4 is 14.8 Å². The number of rotatable bonds is 7. The van der Waals surface area contributed by atoms with Crippen LogP contribution in [0.1, 0.15) is 31.9 Å². The molecule has 2 unspecified atom stereocenters. The van der Waals surface area contributed by atoms with Gasteiger partial charge in [0, 0.05) is 43.7 Å². The number of halogens is 2. The maximum absolute atomic E-state index is 12.8. The first-order valence-electron chi connectivity index (χ1n) is 10.1. The summed E-state index contributed by atoms with van der Waals surface area (Å²) in [4.78, 5) is 11.1. The van der Waals surface area contributed by atoms with E-state index in [0.29, 0.717) is 29.8 Å². The van der Waals surface area contributed by atoms with Gasteiger partial charge in [0.05, 0.1) is 26.0 Å². The zero-order valence-corrected chi connectivity index (χ0v) is 17.6. The van der Waals surface area contributed by atoms with Crippen LogP contribution in [0.25, 0.3) is 0 Å². The highest BCUT2D eigenvalue weighted by molar-refractivity contribution is 5.80. The van der Waals surface area contributed by atoms with Crippen LogP contribution in [-0.2, 0) is 6.54 Å². The maximum Gasteiger partial charge on any atom is 0.387 e. The molecule has 0 radical (unpaired) electrons. The normalized spacial score (nSPS) is 19.8. The molecule has 2 aromatic rings. The molecule has 3 rings (SSSR count). The molecule has 164 valence electrons. The average Bonchev–Trinajstić information content (AvgIpc) is 3.26. The fraction of sp³-hybridized carbons (Fsp3) is 0.524. The Balaban J connectivity index is 1.79. The van der Waals surface area contributed by atoms with Crippen LogP contribution in [0.5, 0.6) is 11.5 Å². The van der Waals surface area contributed by atoms with Gasteiger partial charge in [-0.25, -0.2) is 9.98 Å². The van der Waals surface area contributed by atoms with Gasteiger partial charge in [-0.05, 0) is 31.4 Å². The first kappa shape index (κ1) is 21.9. The van der Waals surface area contributed by atoms with Crippen LogP contribution in [0.3, 0.4) is 0 Å². The molecule has 0 saturated carbocycles. The Morgan fingerprint density at radius 1 is 1.40 bits per heavy atom. The van der Waals surface area contributed by atoms with E-state index in [1.807, 2.05) is 19.4 Å². The second-order valence-electron chi connectivity index (χ2n) is 7.31. The summed E-state index contributed by atoms with van der Waals surface area (Å²) in [6.45, 7) is 3.95. The number of piperidine rings is 1. The zero-order chi connectivity index (χ0) is 21.5. The quantitative estimate of drug-likeness (QED) is 0.547. The molecule has 1 aliphatic heterocycles. The van der Waals surface area contributed by atoms with Gasteiger partial charge in [-0.2, -0.15) is 8.78 Å². The molecule has 1 aromatic carbocycles. The lowest BCUT2D eigenvalue weighted by Crippen LogP contribution is -2.49. The van der Waals surface area contributed by atoms with Crippen molar-refractivity contribution in [1.29, 1.82) is 0 Å². The van der Waals surface area contributed by atoms with E-state index in [4.69, 9.17) is 9.73 Å². The summed E-state index contributed by atoms with van der Waals surface area (Å²) in [5.74, 6) is 1.81. The first-order chi connectivity index (χ1) is 14.5. The highest BCUT2D eigenvalue weighted by atomic mass is 19.3. The van der Waals surface area contributed by atoms with Crippen LogP contribution in [0.4, 0.5) is 8.78 Å². The minimum absolute atomic E-state index is 0.0764. The molecule has 1 fully saturated rings. The molecule has 0 aliphatic carbocycles. The van der Waals surface area contributed by atoms with Gasteiger partial charge >= 0.3 is 6.61 Å². The third-order valence-corrected chi connectivity index (χ3v) is 5.35. The van der Waals surface area contributed by atoms with E-state index in [0.717, 1.165) is 25.5 Å². The van der Waals surface area contributed by atoms with Crippen molar-refractivity contribution >= 4 is 5.96 Å². The van der Waals surface area contributed by atoms with Crippen molar-refractivity contribution < 1.29 is 18.3 Å². The Kier molecular flexibility index (Phi) is 7.48. The molecule has 1 aromatic heterocycles. The molecule has 1 saturated heterocycles. The van der Waals surface area contributed by atoms with Crippen LogP contribution in [0, 0.1) is 5.92 Å². The number of imidazole rings is 1. The zero-order valence-electron chi connectivity index (χ0n) is 17.6. The van der Waals surface area contributed by atoms with Crippen LogP contribution in [0.15, 0.2) is 41.9 Å². The van der Waals surface area contributed by atoms with Crippen LogP contribution >= 0.6 is 0 Å². The van der Waals surface area contributed by atoms with Crippen molar-refractivity contribution in [3.63, 3.8) is 0 Å². The summed E-state index contributed by atoms with van der Waals surface area (Å²) < 4.78 is 37.6. The average molecular weight is 421 g/mol. The number of methoxy groups -OCH3 is 1. The summed E-state index contributed by atoms with van der Waals surface area (Å²) in [6, 6.07) is 5.18. The summed E-state index contributed by atoms with van der Waals surface area (Å²) in [5, 5.41) is 3.32. The Morgan fingerprint density at radius 2 is 2.23 bits per heavy atom. The monoisotopic (exact) mass is 421 g/mol. The van der Waals surface area contributed by atoms with Crippen molar-refractivity contribution in [2.45, 2.75) is 39.5 Å². The Bertz CT molecular complexity index is 829. The van der Waals surface area contributed by atoms with Crippen molar-refractivity contribution in [2.24, 2.45) is 10.9 Å². The van der Waals surface area contributed by atoms with E-state index in [-0.39, 0.29) is 12.3 Å². The molecule has 1 N–H and O–H groups in total. The van der Waals surface area contributed by atoms with Crippen LogP contribution in [0.2, 0.25) is 0 Å². The van der Waals surface area contributed by atoms with E-state index in [9.17, 15) is 8.78 Å². The van der Waals surface area contributed by atoms with E-state index >= 15 is 0 Å². The van der Waals surface area contributed by atoms with Crippen molar-refractivity contribution in [2.75, 3.05) is 26.7 Å². The highest BCUT2D eigenvalue weighted by Gasteiger charge is 2.29. The molecule has 1 aliphatic rings. The molecule has 0 spiro atoms. The van der Waals surface area contributed by atoms with Gasteiger partial charge in [0.25, 0.3) is 0 Å². The van der Waals surface area contributed by atoms with Crippen molar-refractivity contribution in [1.82, 2.24) is 19.8 Å². The van der Waals surface area contributed by atoms with Crippen molar-refractivity contribution in [3.05, 3.63) is 42.5 Å². The van der Waals surface area contributed by atoms with Gasteiger partial charge in [0.15, 0.2) is 5.96 Å². The minimum atomic E-state index is -2.91. The third-order valence-electron chi connectivity index (χ3n) is 5.35. The van der Waals surface area contributed by atoms with E-state index < -0.39 is 6.61 Å². The molecule has 9 heteroatoms. The van der Waals surface area contributed by atoms with E-state index in [1.54, 1.807) is 18.3 Å². The van der Waals surface area contributed by atoms with Gasteiger partial charge < -0.3 is 24.3 Å². The molecular weight excluding hydrogens is 392 g/mol. The molecule has 0 amide bonds. The number of likely N-dealkylation sites (tertiary alicyclic amines) is 1. The number of benzene rings is 1. The number of hydrogen-bond acceptors (Lipinski definition) is 4. The van der Waals surface area contributed by atoms with Gasteiger partial charge in [-0.1, -0.05) is 6.92 Å². The molecule has 0 bridgehead atoms. The fourth-order valence-corrected chi connectivity index (χ4v) is 3.68. The van der Waals surface area contributed by atoms with E-state index in [1.165, 1.54) is 13.2 Å². The second-order valence-corrected chi connectivity index (χ2v) is 7.31. The summed E-state index contributed by atoms with van der Waals surface area (Å²) in [6.07, 6.45) is 6.65. The van der Waals surface area contributed by atoms with E-state index in [2.05, 4.69) is 31.4 Å². The maximum atomic E-state index is 12.8. The Morgan fingerprint density at radius 3 is 2.90 bits per heavy atom. The predicted octanol–water partition coefficient (Wildman–Crippen LogP) is 3.54. The predicted molar refractivity (Wildman–Crippen MR) is 111 cm³/mol. The third kappa shape index (κ3) is 5.40. The molecular formula is C21H29F2N5O2. The Hall–Kier alpha value is -2.84. The van der Waals surface area contributed by atoms with Crippen molar-refractivity contribution in [3.8, 4) is 11.5 Å². The summed E-state index contributed by atoms with van der Waals surface area (Å²) >= 11 is 0. The van der Waals surface area contributed by atoms with Gasteiger partial charge in [0.1, 0.15) is 11.5 Å². The Labute approximate surface area is 175 Å². The lowest BCUT2D eigenvalue weighted by molar-refractivity contribution is -0.0505. The fourth-order valence-electron chi connectivity index (χ4n) is 3.68. The number of nitrogens with one attached hydrogen (secondary N) is 1. The molecule has 2 heterocycles. The molecule has 7 nitrogen and oxygen atoms in total. The van der Waals surface area contributed by atoms with Crippen LogP contribution in [-0.4, -0.2) is 53.8 Å². The number of guanidine groups is 1. The summed E-state index contributed by atoms with van der Waals surface area (Å²) in [5.41, 5.74) is 0.572. The number of hydrogen-bond donors (Lipinski definition) is 1. The van der Waals surface area contributed by atoms with Gasteiger partial charge in [-0.3, -0.25) is 0 Å². The largest absolute Gasteiger partial charge is 0.497 e. The number of nitrogens with zero attached hydrogens (tertiary/aromatic N) is 4. The topological polar surface area (TPSA) is 63.9 Å². The number of aliphatic imine (C=N–C) groups is 1. The first-order valence-corrected chi connectivity index (χ1v) is 10.1. The second kappa shape index (κ2) is 10.3. The number of ether oxygens (including phenoxy) is 2. The highest BCUT2D eigenvalue weighted by Crippen LogP contribution is 2.29. The lowest BCUT2D eigenvalue weighted by Gasteiger charge is -2.39. The molecule has 2 atom stereocenters. The smallest absolute Gasteiger partial charge is 0.387 e. The number of aromatic nitrogens is 2. The summed E-state index contributed by atoms with van der Waals surface area (Å²) in [7, 11) is 1.48. The number of alkyl halides is 2. The standard InChI is InChI=1S/C21H29F2N5O2/c1-4-25-21(27-9-7-15(2)18(13-27)28-10-8-24-14-28)26-12-16-5-6-17(29-3)11-19(16)30-20(22)23/h5-6,8,10-11,14-15,18,20H,4,7,9,12-13H2,1-3H3,(H,25,26). The SMILES string of the molecule is CCNC(=NCc1ccc(OC)cc1OC(F)F)N1CCC(C)C(n2ccnc2)C1. The van der Waals surface area contributed by atoms with Gasteiger partial charge in [0.2, 0.25) is 0 Å². The van der Waals surface area contributed by atoms with Gasteiger partial charge in [-0.15, -0.1) is 0 Å².